The summed E-state index contributed by atoms with van der Waals surface area (Å²) >= 11 is 0. The summed E-state index contributed by atoms with van der Waals surface area (Å²) in [6.45, 7) is 0. The third-order valence-electron chi connectivity index (χ3n) is 4.04. The van der Waals surface area contributed by atoms with E-state index in [1.165, 1.54) is 31.3 Å². The standard InChI is InChI=1S/C19H14F3NO5S2/c1-23(29(24,25)18-5-3-2-4-16(18)21)14-7-9-15(10-8-14)28-30(26,27)19-12-13(20)6-11-17(19)22/h2-12H,1H3. The molecule has 0 bridgehead atoms. The zero-order valence-electron chi connectivity index (χ0n) is 15.3. The topological polar surface area (TPSA) is 80.8 Å². The zero-order chi connectivity index (χ0) is 22.1. The van der Waals surface area contributed by atoms with Crippen LogP contribution in [0.3, 0.4) is 0 Å². The SMILES string of the molecule is CN(c1ccc(OS(=O)(=O)c2cc(F)ccc2F)cc1)S(=O)(=O)c1ccccc1F. The van der Waals surface area contributed by atoms with Crippen molar-refractivity contribution in [2.24, 2.45) is 0 Å². The largest absolute Gasteiger partial charge is 0.379 e. The number of nitrogens with zero attached hydrogens (tertiary/aromatic N) is 1. The Morgan fingerprint density at radius 2 is 1.37 bits per heavy atom. The molecule has 0 aliphatic heterocycles. The van der Waals surface area contributed by atoms with Crippen LogP contribution >= 0.6 is 0 Å². The highest BCUT2D eigenvalue weighted by molar-refractivity contribution is 7.92. The molecular weight excluding hydrogens is 443 g/mol. The maximum Gasteiger partial charge on any atom is 0.342 e. The normalized spacial score (nSPS) is 11.9. The van der Waals surface area contributed by atoms with E-state index in [2.05, 4.69) is 0 Å². The summed E-state index contributed by atoms with van der Waals surface area (Å²) in [7, 11) is -7.70. The van der Waals surface area contributed by atoms with Crippen molar-refractivity contribution in [2.45, 2.75) is 9.79 Å². The van der Waals surface area contributed by atoms with Crippen LogP contribution in [-0.2, 0) is 20.1 Å². The van der Waals surface area contributed by atoms with Gasteiger partial charge in [-0.1, -0.05) is 12.1 Å². The molecule has 0 amide bonds. The van der Waals surface area contributed by atoms with Crippen molar-refractivity contribution in [3.8, 4) is 5.75 Å². The Kier molecular flexibility index (Phi) is 5.77. The van der Waals surface area contributed by atoms with Gasteiger partial charge < -0.3 is 4.18 Å². The summed E-state index contributed by atoms with van der Waals surface area (Å²) in [6, 6.07) is 11.4. The molecule has 0 atom stereocenters. The second kappa shape index (κ2) is 8.00. The van der Waals surface area contributed by atoms with E-state index in [0.717, 1.165) is 34.6 Å². The lowest BCUT2D eigenvalue weighted by Gasteiger charge is -2.20. The van der Waals surface area contributed by atoms with Crippen LogP contribution in [0.1, 0.15) is 0 Å². The lowest BCUT2D eigenvalue weighted by Crippen LogP contribution is -2.27. The fourth-order valence-electron chi connectivity index (χ4n) is 2.49. The van der Waals surface area contributed by atoms with Gasteiger partial charge in [0, 0.05) is 7.05 Å². The summed E-state index contributed by atoms with van der Waals surface area (Å²) in [5.74, 6) is -3.34. The minimum atomic E-state index is -4.67. The molecule has 0 saturated carbocycles. The van der Waals surface area contributed by atoms with Crippen LogP contribution in [0.15, 0.2) is 76.5 Å². The Balaban J connectivity index is 1.86. The molecule has 11 heteroatoms. The quantitative estimate of drug-likeness (QED) is 0.528. The van der Waals surface area contributed by atoms with Crippen molar-refractivity contribution in [3.63, 3.8) is 0 Å². The van der Waals surface area contributed by atoms with Crippen molar-refractivity contribution < 1.29 is 34.2 Å². The fraction of sp³-hybridized carbons (Fsp3) is 0.0526. The minimum absolute atomic E-state index is 0.0833. The molecule has 0 aliphatic carbocycles. The number of rotatable bonds is 6. The molecule has 0 saturated heterocycles. The van der Waals surface area contributed by atoms with E-state index in [9.17, 15) is 30.0 Å². The first kappa shape index (κ1) is 21.7. The van der Waals surface area contributed by atoms with Crippen LogP contribution in [0.5, 0.6) is 5.75 Å². The van der Waals surface area contributed by atoms with Crippen LogP contribution in [0, 0.1) is 17.5 Å². The maximum atomic E-state index is 13.9. The van der Waals surface area contributed by atoms with Gasteiger partial charge in [0.25, 0.3) is 10.0 Å². The van der Waals surface area contributed by atoms with Gasteiger partial charge in [-0.15, -0.1) is 0 Å². The first-order valence-electron chi connectivity index (χ1n) is 8.25. The molecule has 0 spiro atoms. The van der Waals surface area contributed by atoms with E-state index >= 15 is 0 Å². The van der Waals surface area contributed by atoms with Crippen molar-refractivity contribution in [2.75, 3.05) is 11.4 Å². The molecule has 3 rings (SSSR count). The summed E-state index contributed by atoms with van der Waals surface area (Å²) in [6.07, 6.45) is 0. The molecule has 0 heterocycles. The van der Waals surface area contributed by atoms with Gasteiger partial charge in [-0.2, -0.15) is 8.42 Å². The first-order chi connectivity index (χ1) is 14.0. The Morgan fingerprint density at radius 1 is 0.767 bits per heavy atom. The first-order valence-corrected chi connectivity index (χ1v) is 11.1. The van der Waals surface area contributed by atoms with Crippen molar-refractivity contribution in [1.29, 1.82) is 0 Å². The molecule has 0 fully saturated rings. The van der Waals surface area contributed by atoms with Crippen LogP contribution < -0.4 is 8.49 Å². The van der Waals surface area contributed by atoms with E-state index in [1.54, 1.807) is 0 Å². The lowest BCUT2D eigenvalue weighted by atomic mass is 10.3. The second-order valence-corrected chi connectivity index (χ2v) is 9.46. The molecule has 3 aromatic carbocycles. The Hall–Kier alpha value is -3.05. The van der Waals surface area contributed by atoms with E-state index < -0.39 is 47.4 Å². The second-order valence-electron chi connectivity index (χ2n) is 6.01. The van der Waals surface area contributed by atoms with Crippen LogP contribution in [0.4, 0.5) is 18.9 Å². The van der Waals surface area contributed by atoms with Crippen LogP contribution in [-0.4, -0.2) is 23.9 Å². The van der Waals surface area contributed by atoms with Crippen molar-refractivity contribution in [1.82, 2.24) is 0 Å². The highest BCUT2D eigenvalue weighted by Crippen LogP contribution is 2.27. The summed E-state index contributed by atoms with van der Waals surface area (Å²) in [5, 5.41) is 0. The van der Waals surface area contributed by atoms with Gasteiger partial charge in [-0.25, -0.2) is 21.6 Å². The summed E-state index contributed by atoms with van der Waals surface area (Å²) < 4.78 is 96.1. The van der Waals surface area contributed by atoms with E-state index in [0.29, 0.717) is 12.1 Å². The zero-order valence-corrected chi connectivity index (χ0v) is 16.9. The van der Waals surface area contributed by atoms with Gasteiger partial charge in [0.1, 0.15) is 33.0 Å². The molecule has 0 N–H and O–H groups in total. The average molecular weight is 457 g/mol. The average Bonchev–Trinajstić information content (AvgIpc) is 2.69. The highest BCUT2D eigenvalue weighted by Gasteiger charge is 2.25. The number of anilines is 1. The number of benzene rings is 3. The number of hydrogen-bond acceptors (Lipinski definition) is 5. The molecule has 0 aliphatic rings. The molecule has 158 valence electrons. The molecule has 0 aromatic heterocycles. The van der Waals surface area contributed by atoms with Crippen LogP contribution in [0.25, 0.3) is 0 Å². The smallest absolute Gasteiger partial charge is 0.342 e. The highest BCUT2D eigenvalue weighted by atomic mass is 32.2. The number of hydrogen-bond donors (Lipinski definition) is 0. The molecule has 30 heavy (non-hydrogen) atoms. The predicted molar refractivity (Wildman–Crippen MR) is 103 cm³/mol. The number of sulfonamides is 1. The van der Waals surface area contributed by atoms with Crippen molar-refractivity contribution in [3.05, 3.63) is 84.2 Å². The fourth-order valence-corrected chi connectivity index (χ4v) is 4.77. The molecule has 3 aromatic rings. The van der Waals surface area contributed by atoms with E-state index in [1.807, 2.05) is 0 Å². The van der Waals surface area contributed by atoms with Gasteiger partial charge in [0.2, 0.25) is 0 Å². The summed E-state index contributed by atoms with van der Waals surface area (Å²) in [4.78, 5) is -1.51. The van der Waals surface area contributed by atoms with E-state index in [-0.39, 0.29) is 11.4 Å². The molecular formula is C19H14F3NO5S2. The van der Waals surface area contributed by atoms with E-state index in [4.69, 9.17) is 4.18 Å². The third kappa shape index (κ3) is 4.26. The number of halogens is 3. The Bertz CT molecular complexity index is 1290. The van der Waals surface area contributed by atoms with Gasteiger partial charge >= 0.3 is 10.1 Å². The Morgan fingerprint density at radius 3 is 2.00 bits per heavy atom. The predicted octanol–water partition coefficient (Wildman–Crippen LogP) is 3.70. The molecule has 6 nitrogen and oxygen atoms in total. The monoisotopic (exact) mass is 457 g/mol. The van der Waals surface area contributed by atoms with Gasteiger partial charge in [0.15, 0.2) is 0 Å². The third-order valence-corrected chi connectivity index (χ3v) is 7.13. The van der Waals surface area contributed by atoms with Gasteiger partial charge in [-0.3, -0.25) is 4.31 Å². The van der Waals surface area contributed by atoms with Crippen molar-refractivity contribution >= 4 is 25.8 Å². The van der Waals surface area contributed by atoms with Crippen LogP contribution in [0.2, 0.25) is 0 Å². The molecule has 0 radical (unpaired) electrons. The maximum absolute atomic E-state index is 13.9. The lowest BCUT2D eigenvalue weighted by molar-refractivity contribution is 0.473. The summed E-state index contributed by atoms with van der Waals surface area (Å²) in [5.41, 5.74) is 0.0833. The Labute approximate surface area is 171 Å². The van der Waals surface area contributed by atoms with Gasteiger partial charge in [0.05, 0.1) is 5.69 Å². The minimum Gasteiger partial charge on any atom is -0.379 e. The van der Waals surface area contributed by atoms with Gasteiger partial charge in [-0.05, 0) is 54.6 Å². The molecule has 0 unspecified atom stereocenters.